The van der Waals surface area contributed by atoms with Crippen molar-refractivity contribution in [1.29, 1.82) is 0 Å². The Kier molecular flexibility index (Phi) is 3.91. The Morgan fingerprint density at radius 3 is 2.62 bits per heavy atom. The lowest BCUT2D eigenvalue weighted by molar-refractivity contribution is -0.140. The minimum absolute atomic E-state index is 0.234. The quantitative estimate of drug-likeness (QED) is 0.908. The van der Waals surface area contributed by atoms with E-state index < -0.39 is 11.4 Å². The van der Waals surface area contributed by atoms with E-state index in [1.54, 1.807) is 20.2 Å². The first-order chi connectivity index (χ1) is 11.4. The monoisotopic (exact) mass is 328 g/mol. The molecule has 24 heavy (non-hydrogen) atoms. The van der Waals surface area contributed by atoms with Gasteiger partial charge in [-0.25, -0.2) is 4.98 Å². The molecule has 0 saturated heterocycles. The molecular formula is C18H20N2O4. The fraction of sp³-hybridized carbons (Fsp3) is 0.389. The molecule has 0 aliphatic heterocycles. The van der Waals surface area contributed by atoms with Crippen LogP contribution in [0.5, 0.6) is 11.6 Å². The first-order valence-corrected chi connectivity index (χ1v) is 7.70. The average molecular weight is 328 g/mol. The second-order valence-corrected chi connectivity index (χ2v) is 6.13. The van der Waals surface area contributed by atoms with E-state index in [1.165, 1.54) is 7.11 Å². The molecule has 6 heteroatoms. The summed E-state index contributed by atoms with van der Waals surface area (Å²) >= 11 is 0. The molecule has 1 saturated carbocycles. The van der Waals surface area contributed by atoms with Gasteiger partial charge in [-0.15, -0.1) is 0 Å². The van der Waals surface area contributed by atoms with Crippen LogP contribution in [0.4, 0.5) is 0 Å². The zero-order chi connectivity index (χ0) is 17.5. The smallest absolute Gasteiger partial charge is 0.314 e. The maximum Gasteiger partial charge on any atom is 0.314 e. The fourth-order valence-electron chi connectivity index (χ4n) is 3.30. The lowest BCUT2D eigenvalue weighted by atomic mass is 9.90. The third kappa shape index (κ3) is 2.38. The van der Waals surface area contributed by atoms with Gasteiger partial charge in [0.25, 0.3) is 0 Å². The van der Waals surface area contributed by atoms with Gasteiger partial charge < -0.3 is 14.6 Å². The summed E-state index contributed by atoms with van der Waals surface area (Å²) in [6.45, 7) is 3.74. The van der Waals surface area contributed by atoms with E-state index in [1.807, 2.05) is 25.1 Å². The topological polar surface area (TPSA) is 81.5 Å². The van der Waals surface area contributed by atoms with Crippen LogP contribution < -0.4 is 9.47 Å². The Morgan fingerprint density at radius 1 is 1.29 bits per heavy atom. The van der Waals surface area contributed by atoms with Crippen molar-refractivity contribution in [1.82, 2.24) is 9.97 Å². The Balaban J connectivity index is 2.06. The number of carboxylic acid groups (broad SMARTS) is 1. The van der Waals surface area contributed by atoms with Gasteiger partial charge in [-0.2, -0.15) is 0 Å². The van der Waals surface area contributed by atoms with Crippen LogP contribution in [-0.4, -0.2) is 35.3 Å². The highest BCUT2D eigenvalue weighted by molar-refractivity contribution is 5.88. The summed E-state index contributed by atoms with van der Waals surface area (Å²) in [6, 6.07) is 5.61. The van der Waals surface area contributed by atoms with Crippen LogP contribution in [0.2, 0.25) is 0 Å². The van der Waals surface area contributed by atoms with E-state index in [0.29, 0.717) is 35.0 Å². The summed E-state index contributed by atoms with van der Waals surface area (Å²) in [7, 11) is 3.09. The van der Waals surface area contributed by atoms with Crippen molar-refractivity contribution in [2.24, 2.45) is 0 Å². The SMILES string of the molecule is COc1ccc(C)cc1[C@]1(C(=O)O)C[C@@H]1c1cnc(OC)c(C)n1. The fourth-order valence-corrected chi connectivity index (χ4v) is 3.30. The first kappa shape index (κ1) is 16.2. The van der Waals surface area contributed by atoms with Crippen molar-refractivity contribution < 1.29 is 19.4 Å². The van der Waals surface area contributed by atoms with Gasteiger partial charge in [-0.1, -0.05) is 17.7 Å². The molecule has 0 spiro atoms. The van der Waals surface area contributed by atoms with Gasteiger partial charge in [-0.05, 0) is 26.3 Å². The number of ether oxygens (including phenoxy) is 2. The minimum atomic E-state index is -1.02. The Bertz CT molecular complexity index is 806. The summed E-state index contributed by atoms with van der Waals surface area (Å²) in [5, 5.41) is 9.94. The third-order valence-corrected chi connectivity index (χ3v) is 4.65. The Hall–Kier alpha value is -2.63. The zero-order valence-electron chi connectivity index (χ0n) is 14.2. The van der Waals surface area contributed by atoms with E-state index >= 15 is 0 Å². The molecule has 1 aliphatic rings. The molecule has 6 nitrogen and oxygen atoms in total. The van der Waals surface area contributed by atoms with Crippen molar-refractivity contribution in [2.75, 3.05) is 14.2 Å². The molecule has 1 fully saturated rings. The number of nitrogens with zero attached hydrogens (tertiary/aromatic N) is 2. The highest BCUT2D eigenvalue weighted by Crippen LogP contribution is 2.62. The van der Waals surface area contributed by atoms with Crippen LogP contribution in [-0.2, 0) is 10.2 Å². The van der Waals surface area contributed by atoms with Crippen LogP contribution in [0.3, 0.4) is 0 Å². The predicted molar refractivity (Wildman–Crippen MR) is 87.7 cm³/mol. The minimum Gasteiger partial charge on any atom is -0.496 e. The van der Waals surface area contributed by atoms with Gasteiger partial charge >= 0.3 is 5.97 Å². The van der Waals surface area contributed by atoms with Crippen molar-refractivity contribution >= 4 is 5.97 Å². The second-order valence-electron chi connectivity index (χ2n) is 6.13. The molecule has 0 radical (unpaired) electrons. The number of methoxy groups -OCH3 is 2. The average Bonchev–Trinajstić information content (AvgIpc) is 3.31. The molecule has 3 rings (SSSR count). The number of benzene rings is 1. The molecule has 1 aromatic heterocycles. The molecule has 0 unspecified atom stereocenters. The maximum absolute atomic E-state index is 12.1. The summed E-state index contributed by atoms with van der Waals surface area (Å²) in [4.78, 5) is 20.8. The van der Waals surface area contributed by atoms with Gasteiger partial charge in [0, 0.05) is 11.5 Å². The molecule has 126 valence electrons. The van der Waals surface area contributed by atoms with E-state index in [-0.39, 0.29) is 5.92 Å². The number of aliphatic carboxylic acids is 1. The lowest BCUT2D eigenvalue weighted by Crippen LogP contribution is -2.23. The maximum atomic E-state index is 12.1. The number of hydrogen-bond donors (Lipinski definition) is 1. The highest BCUT2D eigenvalue weighted by Gasteiger charge is 2.64. The van der Waals surface area contributed by atoms with E-state index in [2.05, 4.69) is 9.97 Å². The molecule has 1 aromatic carbocycles. The van der Waals surface area contributed by atoms with Crippen LogP contribution in [0.25, 0.3) is 0 Å². The van der Waals surface area contributed by atoms with Gasteiger partial charge in [0.1, 0.15) is 11.2 Å². The molecule has 2 aromatic rings. The summed E-state index contributed by atoms with van der Waals surface area (Å²) in [6.07, 6.45) is 2.08. The summed E-state index contributed by atoms with van der Waals surface area (Å²) < 4.78 is 10.5. The normalized spacial score (nSPS) is 22.1. The first-order valence-electron chi connectivity index (χ1n) is 7.70. The zero-order valence-corrected chi connectivity index (χ0v) is 14.2. The van der Waals surface area contributed by atoms with Crippen molar-refractivity contribution in [3.8, 4) is 11.6 Å². The lowest BCUT2D eigenvalue weighted by Gasteiger charge is -2.17. The van der Waals surface area contributed by atoms with E-state index in [4.69, 9.17) is 9.47 Å². The van der Waals surface area contributed by atoms with Crippen molar-refractivity contribution in [3.05, 3.63) is 46.9 Å². The molecule has 1 heterocycles. The van der Waals surface area contributed by atoms with Crippen LogP contribution in [0.15, 0.2) is 24.4 Å². The molecule has 0 bridgehead atoms. The predicted octanol–water partition coefficient (Wildman–Crippen LogP) is 2.62. The number of carboxylic acids is 1. The number of aryl methyl sites for hydroxylation is 2. The Labute approximate surface area is 140 Å². The van der Waals surface area contributed by atoms with Crippen LogP contribution in [0, 0.1) is 13.8 Å². The molecule has 0 amide bonds. The van der Waals surface area contributed by atoms with Gasteiger partial charge in [0.15, 0.2) is 0 Å². The molecule has 1 aliphatic carbocycles. The highest BCUT2D eigenvalue weighted by atomic mass is 16.5. The number of rotatable bonds is 5. The van der Waals surface area contributed by atoms with Gasteiger partial charge in [0.2, 0.25) is 5.88 Å². The van der Waals surface area contributed by atoms with Gasteiger partial charge in [-0.3, -0.25) is 9.78 Å². The number of hydrogen-bond acceptors (Lipinski definition) is 5. The molecule has 2 atom stereocenters. The summed E-state index contributed by atoms with van der Waals surface area (Å²) in [5.74, 6) is -0.0633. The molecule has 1 N–H and O–H groups in total. The van der Waals surface area contributed by atoms with Crippen LogP contribution >= 0.6 is 0 Å². The number of aromatic nitrogens is 2. The largest absolute Gasteiger partial charge is 0.496 e. The van der Waals surface area contributed by atoms with Crippen molar-refractivity contribution in [2.45, 2.75) is 31.6 Å². The second kappa shape index (κ2) is 5.78. The summed E-state index contributed by atoms with van der Waals surface area (Å²) in [5.41, 5.74) is 1.98. The standard InChI is InChI=1S/C18H20N2O4/c1-10-5-6-15(23-3)12(7-10)18(17(21)22)8-13(18)14-9-19-16(24-4)11(2)20-14/h5-7,9,13H,8H2,1-4H3,(H,21,22)/t13-,18-/m1/s1. The van der Waals surface area contributed by atoms with E-state index in [0.717, 1.165) is 5.56 Å². The Morgan fingerprint density at radius 2 is 2.04 bits per heavy atom. The van der Waals surface area contributed by atoms with Crippen molar-refractivity contribution in [3.63, 3.8) is 0 Å². The van der Waals surface area contributed by atoms with Crippen LogP contribution in [0.1, 0.15) is 34.9 Å². The number of carbonyl (C=O) groups is 1. The third-order valence-electron chi connectivity index (χ3n) is 4.65. The molecular weight excluding hydrogens is 308 g/mol. The van der Waals surface area contributed by atoms with Gasteiger partial charge in [0.05, 0.1) is 31.8 Å². The van der Waals surface area contributed by atoms with E-state index in [9.17, 15) is 9.90 Å².